The number of fused-ring (bicyclic) bond motifs is 4. The van der Waals surface area contributed by atoms with Crippen molar-refractivity contribution >= 4 is 5.97 Å². The Labute approximate surface area is 324 Å². The summed E-state index contributed by atoms with van der Waals surface area (Å²) in [4.78, 5) is 17.5. The molecule has 4 saturated heterocycles. The highest BCUT2D eigenvalue weighted by Crippen LogP contribution is 2.89. The molecular formula is C44H72N2O8. The monoisotopic (exact) mass is 757 g/mol. The van der Waals surface area contributed by atoms with Gasteiger partial charge in [0.25, 0.3) is 0 Å². The van der Waals surface area contributed by atoms with Crippen LogP contribution in [0.15, 0.2) is 0 Å². The average Bonchev–Trinajstić information content (AvgIpc) is 3.72. The number of piperidine rings is 1. The highest BCUT2D eigenvalue weighted by atomic mass is 16.7. The standard InChI is InChI=1S/C44H72N2O8/c1-26-21-30(38(40(5,6)49)52-27(2)47)53-36-35(26)41(7)15-16-44-25-43(44)14-11-33(39(3,4)31(43)9-10-32(44)42(41,8)37(36)48)54-34-22-46(19-20-51-34)28-12-17-45(18-13-28)29-23-50-24-29/h26,28-38,48-49H,9-25H2,1-8H3/t26-,30?,31+,32?,33+,34+,35+,36?,37+,38+,41-,42-,43?,44+/m1/s1. The number of rotatable bonds is 7. The summed E-state index contributed by atoms with van der Waals surface area (Å²) in [6, 6.07) is 1.25. The van der Waals surface area contributed by atoms with Crippen LogP contribution in [-0.2, 0) is 28.5 Å². The van der Waals surface area contributed by atoms with Crippen molar-refractivity contribution in [2.75, 3.05) is 46.0 Å². The number of aliphatic hydroxyl groups excluding tert-OH is 1. The zero-order chi connectivity index (χ0) is 38.2. The van der Waals surface area contributed by atoms with Crippen molar-refractivity contribution in [1.29, 1.82) is 0 Å². The number of morpholine rings is 1. The lowest BCUT2D eigenvalue weighted by Crippen LogP contribution is -2.60. The maximum atomic E-state index is 12.7. The number of nitrogens with zero attached hydrogens (tertiary/aromatic N) is 2. The molecule has 4 aliphatic heterocycles. The van der Waals surface area contributed by atoms with Crippen molar-refractivity contribution in [2.45, 2.75) is 174 Å². The largest absolute Gasteiger partial charge is 0.457 e. The van der Waals surface area contributed by atoms with Gasteiger partial charge in [-0.15, -0.1) is 0 Å². The molecule has 0 aromatic carbocycles. The van der Waals surface area contributed by atoms with Crippen LogP contribution in [0.3, 0.4) is 0 Å². The predicted octanol–water partition coefficient (Wildman–Crippen LogP) is 5.41. The number of hydrogen-bond donors (Lipinski definition) is 2. The van der Waals surface area contributed by atoms with Crippen molar-refractivity contribution in [3.63, 3.8) is 0 Å². The summed E-state index contributed by atoms with van der Waals surface area (Å²) in [5.41, 5.74) is -0.963. The van der Waals surface area contributed by atoms with Crippen LogP contribution in [0, 0.1) is 50.7 Å². The predicted molar refractivity (Wildman–Crippen MR) is 203 cm³/mol. The number of ether oxygens (including phenoxy) is 5. The van der Waals surface area contributed by atoms with Gasteiger partial charge in [0.15, 0.2) is 12.4 Å². The zero-order valence-electron chi connectivity index (χ0n) is 34.7. The molecule has 0 aromatic rings. The molecule has 4 heterocycles. The van der Waals surface area contributed by atoms with Crippen molar-refractivity contribution in [3.05, 3.63) is 0 Å². The van der Waals surface area contributed by atoms with Gasteiger partial charge in [-0.25, -0.2) is 0 Å². The third kappa shape index (κ3) is 5.48. The Morgan fingerprint density at radius 1 is 0.907 bits per heavy atom. The number of carbonyl (C=O) groups excluding carboxylic acids is 1. The highest BCUT2D eigenvalue weighted by molar-refractivity contribution is 5.66. The Hall–Kier alpha value is -0.850. The third-order valence-electron chi connectivity index (χ3n) is 18.6. The van der Waals surface area contributed by atoms with Gasteiger partial charge in [0.2, 0.25) is 0 Å². The molecule has 4 unspecified atom stereocenters. The van der Waals surface area contributed by atoms with Crippen LogP contribution in [0.4, 0.5) is 0 Å². The molecule has 5 saturated carbocycles. The molecule has 2 spiro atoms. The molecule has 14 atom stereocenters. The molecule has 10 nitrogen and oxygen atoms in total. The molecule has 0 bridgehead atoms. The van der Waals surface area contributed by atoms with Gasteiger partial charge < -0.3 is 33.9 Å². The number of esters is 1. The molecule has 5 aliphatic carbocycles. The maximum Gasteiger partial charge on any atom is 0.303 e. The molecule has 2 N–H and O–H groups in total. The average molecular weight is 757 g/mol. The Morgan fingerprint density at radius 2 is 1.61 bits per heavy atom. The lowest BCUT2D eigenvalue weighted by molar-refractivity contribution is -0.252. The van der Waals surface area contributed by atoms with Crippen molar-refractivity contribution < 1.29 is 38.7 Å². The first-order valence-electron chi connectivity index (χ1n) is 22.0. The van der Waals surface area contributed by atoms with Gasteiger partial charge in [-0.3, -0.25) is 14.6 Å². The van der Waals surface area contributed by atoms with E-state index in [0.29, 0.717) is 35.8 Å². The van der Waals surface area contributed by atoms with Crippen molar-refractivity contribution in [1.82, 2.24) is 9.80 Å². The van der Waals surface area contributed by atoms with Crippen LogP contribution >= 0.6 is 0 Å². The summed E-state index contributed by atoms with van der Waals surface area (Å²) in [7, 11) is 0. The van der Waals surface area contributed by atoms with Crippen LogP contribution in [-0.4, -0.2) is 126 Å². The van der Waals surface area contributed by atoms with Crippen LogP contribution in [0.25, 0.3) is 0 Å². The normalized spacial score (nSPS) is 50.1. The highest BCUT2D eigenvalue weighted by Gasteiger charge is 2.84. The van der Waals surface area contributed by atoms with Gasteiger partial charge in [0.05, 0.1) is 55.9 Å². The summed E-state index contributed by atoms with van der Waals surface area (Å²) in [6.45, 7) is 23.8. The Kier molecular flexibility index (Phi) is 9.36. The molecule has 9 rings (SSSR count). The summed E-state index contributed by atoms with van der Waals surface area (Å²) in [5, 5.41) is 23.8. The number of carbonyl (C=O) groups is 1. The van der Waals surface area contributed by atoms with Crippen LogP contribution in [0.2, 0.25) is 0 Å². The Morgan fingerprint density at radius 3 is 2.28 bits per heavy atom. The molecule has 0 amide bonds. The van der Waals surface area contributed by atoms with E-state index in [4.69, 9.17) is 23.7 Å². The van der Waals surface area contributed by atoms with E-state index in [0.717, 1.165) is 52.2 Å². The maximum absolute atomic E-state index is 12.7. The first-order chi connectivity index (χ1) is 25.5. The van der Waals surface area contributed by atoms with Crippen molar-refractivity contribution in [3.8, 4) is 0 Å². The van der Waals surface area contributed by atoms with E-state index < -0.39 is 29.9 Å². The lowest BCUT2D eigenvalue weighted by Gasteiger charge is -2.64. The summed E-state index contributed by atoms with van der Waals surface area (Å²) in [5.74, 6) is 1.12. The number of likely N-dealkylation sites (tertiary alicyclic amines) is 1. The smallest absolute Gasteiger partial charge is 0.303 e. The van der Waals surface area contributed by atoms with Gasteiger partial charge >= 0.3 is 5.97 Å². The minimum absolute atomic E-state index is 0.0478. The first-order valence-corrected chi connectivity index (χ1v) is 22.0. The minimum atomic E-state index is -1.25. The van der Waals surface area contributed by atoms with Gasteiger partial charge in [0.1, 0.15) is 0 Å². The van der Waals surface area contributed by atoms with Gasteiger partial charge in [-0.2, -0.15) is 0 Å². The Balaban J connectivity index is 0.894. The molecule has 0 radical (unpaired) electrons. The van der Waals surface area contributed by atoms with E-state index in [9.17, 15) is 15.0 Å². The van der Waals surface area contributed by atoms with Gasteiger partial charge in [-0.1, -0.05) is 34.6 Å². The SMILES string of the molecule is CC(=O)O[C@@H](C1C[C@@H](C)[C@H]2C(O1)[C@H](O)[C@@]1(C)C3CC[C@H]4C(C)(C)[C@@H](O[C@H]5CN(C6CCN(C7COC7)CC6)CCO5)CCC45C[C@@]35CC[C@]21C)C(C)(C)O. The van der Waals surface area contributed by atoms with Crippen LogP contribution in [0.1, 0.15) is 120 Å². The van der Waals surface area contributed by atoms with E-state index in [2.05, 4.69) is 44.4 Å². The van der Waals surface area contributed by atoms with Gasteiger partial charge in [0, 0.05) is 44.6 Å². The van der Waals surface area contributed by atoms with E-state index in [1.165, 1.54) is 58.5 Å². The first kappa shape index (κ1) is 38.7. The third-order valence-corrected chi connectivity index (χ3v) is 18.6. The molecule has 306 valence electrons. The van der Waals surface area contributed by atoms with Crippen LogP contribution < -0.4 is 0 Å². The summed E-state index contributed by atoms with van der Waals surface area (Å²) < 4.78 is 31.5. The van der Waals surface area contributed by atoms with Crippen molar-refractivity contribution in [2.24, 2.45) is 50.7 Å². The fourth-order valence-corrected chi connectivity index (χ4v) is 15.9. The van der Waals surface area contributed by atoms with E-state index in [-0.39, 0.29) is 52.0 Å². The number of hydrogen-bond acceptors (Lipinski definition) is 10. The lowest BCUT2D eigenvalue weighted by atomic mass is 9.41. The summed E-state index contributed by atoms with van der Waals surface area (Å²) >= 11 is 0. The molecule has 9 fully saturated rings. The minimum Gasteiger partial charge on any atom is -0.457 e. The number of aliphatic hydroxyl groups is 2. The molecule has 0 aromatic heterocycles. The van der Waals surface area contributed by atoms with E-state index >= 15 is 0 Å². The second-order valence-electron chi connectivity index (χ2n) is 21.6. The fourth-order valence-electron chi connectivity index (χ4n) is 15.9. The second kappa shape index (κ2) is 13.1. The molecular weight excluding hydrogens is 684 g/mol. The quantitative estimate of drug-likeness (QED) is 0.328. The fraction of sp³-hybridized carbons (Fsp3) is 0.977. The van der Waals surface area contributed by atoms with Gasteiger partial charge in [-0.05, 0) is 123 Å². The molecule has 54 heavy (non-hydrogen) atoms. The van der Waals surface area contributed by atoms with E-state index in [1.54, 1.807) is 13.8 Å². The van der Waals surface area contributed by atoms with Crippen LogP contribution in [0.5, 0.6) is 0 Å². The molecule has 9 aliphatic rings. The molecule has 10 heteroatoms. The topological polar surface area (TPSA) is 110 Å². The second-order valence-corrected chi connectivity index (χ2v) is 21.6. The van der Waals surface area contributed by atoms with E-state index in [1.807, 2.05) is 0 Å². The zero-order valence-corrected chi connectivity index (χ0v) is 34.7. The Bertz CT molecular complexity index is 1440. The summed E-state index contributed by atoms with van der Waals surface area (Å²) in [6.07, 6.45) is 9.25.